The minimum Gasteiger partial charge on any atom is -0.372 e. The fraction of sp³-hybridized carbons (Fsp3) is 0.333. The van der Waals surface area contributed by atoms with Crippen LogP contribution in [0, 0.1) is 0 Å². The average molecular weight is 371 g/mol. The second kappa shape index (κ2) is 16.3. The van der Waals surface area contributed by atoms with Crippen molar-refractivity contribution in [3.05, 3.63) is 72.8 Å². The molecule has 0 radical (unpaired) electrons. The predicted molar refractivity (Wildman–Crippen MR) is 110 cm³/mol. The van der Waals surface area contributed by atoms with Crippen molar-refractivity contribution < 1.29 is 9.47 Å². The van der Waals surface area contributed by atoms with Gasteiger partial charge >= 0.3 is 0 Å². The van der Waals surface area contributed by atoms with Gasteiger partial charge in [-0.2, -0.15) is 38.8 Å². The molecule has 2 nitrogen and oxygen atoms in total. The fourth-order valence-corrected chi connectivity index (χ4v) is 1.54. The Morgan fingerprint density at radius 2 is 0.739 bits per heavy atom. The largest absolute Gasteiger partial charge is 0.372 e. The Morgan fingerprint density at radius 1 is 0.565 bits per heavy atom. The van der Waals surface area contributed by atoms with Gasteiger partial charge in [0.15, 0.2) is 0 Å². The lowest BCUT2D eigenvalue weighted by molar-refractivity contribution is 0.426. The Bertz CT molecular complexity index is 338. The van der Waals surface area contributed by atoms with E-state index in [9.17, 15) is 0 Å². The van der Waals surface area contributed by atoms with Crippen LogP contribution in [0.5, 0.6) is 0 Å². The number of thiol groups is 2. The smallest absolute Gasteiger partial charge is 0.0897 e. The maximum absolute atomic E-state index is 4.78. The van der Waals surface area contributed by atoms with Crippen molar-refractivity contribution in [1.82, 2.24) is 0 Å². The number of ether oxygens (including phenoxy) is 2. The Labute approximate surface area is 157 Å². The first-order valence-corrected chi connectivity index (χ1v) is 8.58. The van der Waals surface area contributed by atoms with Gasteiger partial charge in [-0.25, -0.2) is 0 Å². The molecule has 2 atom stereocenters. The quantitative estimate of drug-likeness (QED) is 0.614. The summed E-state index contributed by atoms with van der Waals surface area (Å²) in [5, 5.41) is 0. The second-order valence-corrected chi connectivity index (χ2v) is 5.32. The molecule has 5 heteroatoms. The van der Waals surface area contributed by atoms with E-state index in [1.54, 1.807) is 0 Å². The van der Waals surface area contributed by atoms with Crippen molar-refractivity contribution in [2.45, 2.75) is 12.2 Å². The molecule has 0 amide bonds. The molecule has 2 aliphatic heterocycles. The first kappa shape index (κ1) is 22.4. The molecule has 0 bridgehead atoms. The van der Waals surface area contributed by atoms with Gasteiger partial charge in [0.1, 0.15) is 0 Å². The number of epoxide rings is 2. The summed E-state index contributed by atoms with van der Waals surface area (Å²) in [7, 11) is 0. The Hall–Kier alpha value is -0.590. The van der Waals surface area contributed by atoms with Crippen LogP contribution < -0.4 is 0 Å². The van der Waals surface area contributed by atoms with E-state index < -0.39 is 0 Å². The molecular formula is C18H26O2S3. The van der Waals surface area contributed by atoms with Crippen LogP contribution in [-0.2, 0) is 9.47 Å². The lowest BCUT2D eigenvalue weighted by Crippen LogP contribution is -1.80. The summed E-state index contributed by atoms with van der Waals surface area (Å²) in [5.41, 5.74) is 0. The van der Waals surface area contributed by atoms with Gasteiger partial charge in [-0.3, -0.25) is 0 Å². The van der Waals surface area contributed by atoms with E-state index in [1.807, 2.05) is 72.8 Å². The second-order valence-electron chi connectivity index (χ2n) is 4.59. The fourth-order valence-electron chi connectivity index (χ4n) is 1.12. The first-order chi connectivity index (χ1) is 10.9. The number of benzene rings is 2. The molecule has 2 aromatic carbocycles. The van der Waals surface area contributed by atoms with Crippen LogP contribution in [0.15, 0.2) is 72.8 Å². The highest BCUT2D eigenvalue weighted by molar-refractivity contribution is 7.80. The van der Waals surface area contributed by atoms with Crippen molar-refractivity contribution in [3.8, 4) is 0 Å². The summed E-state index contributed by atoms with van der Waals surface area (Å²) in [5.74, 6) is 1.78. The number of rotatable bonds is 2. The van der Waals surface area contributed by atoms with Gasteiger partial charge in [-0.1, -0.05) is 72.8 Å². The van der Waals surface area contributed by atoms with Crippen molar-refractivity contribution in [1.29, 1.82) is 0 Å². The molecule has 2 fully saturated rings. The topological polar surface area (TPSA) is 25.1 Å². The third-order valence-corrected chi connectivity index (χ3v) is 3.36. The average Bonchev–Trinajstić information content (AvgIpc) is 3.53. The maximum Gasteiger partial charge on any atom is 0.0897 e. The minimum absolute atomic E-state index is 0. The van der Waals surface area contributed by atoms with Gasteiger partial charge in [-0.15, -0.1) is 0 Å². The third kappa shape index (κ3) is 17.6. The van der Waals surface area contributed by atoms with E-state index in [4.69, 9.17) is 9.47 Å². The van der Waals surface area contributed by atoms with E-state index in [0.717, 1.165) is 24.7 Å². The Morgan fingerprint density at radius 3 is 0.783 bits per heavy atom. The molecule has 2 saturated heterocycles. The molecule has 128 valence electrons. The first-order valence-electron chi connectivity index (χ1n) is 7.31. The lowest BCUT2D eigenvalue weighted by Gasteiger charge is -1.69. The summed E-state index contributed by atoms with van der Waals surface area (Å²) in [4.78, 5) is 0. The van der Waals surface area contributed by atoms with Crippen LogP contribution in [0.4, 0.5) is 0 Å². The molecule has 0 aromatic heterocycles. The summed E-state index contributed by atoms with van der Waals surface area (Å²) in [6, 6.07) is 24.0. The van der Waals surface area contributed by atoms with Gasteiger partial charge in [0, 0.05) is 11.5 Å². The van der Waals surface area contributed by atoms with Gasteiger partial charge in [0.25, 0.3) is 0 Å². The SMILES string of the molecule is S.SCC1CO1.SCC1CO1.c1ccccc1.c1ccccc1. The zero-order valence-electron chi connectivity index (χ0n) is 13.1. The standard InChI is InChI=1S/2C6H6.2C3H6OS.H2S/c2*1-2-4-6-5-3-1;2*5-2-3-1-4-3;/h2*1-6H;2*3,5H,1-2H2;1H2. The van der Waals surface area contributed by atoms with Crippen LogP contribution in [0.25, 0.3) is 0 Å². The molecule has 0 aliphatic carbocycles. The van der Waals surface area contributed by atoms with Crippen LogP contribution in [0.3, 0.4) is 0 Å². The highest BCUT2D eigenvalue weighted by Crippen LogP contribution is 2.08. The van der Waals surface area contributed by atoms with Crippen LogP contribution >= 0.6 is 38.8 Å². The van der Waals surface area contributed by atoms with Gasteiger partial charge in [0.2, 0.25) is 0 Å². The Kier molecular flexibility index (Phi) is 15.9. The van der Waals surface area contributed by atoms with Crippen LogP contribution in [-0.4, -0.2) is 36.9 Å². The normalized spacial score (nSPS) is 19.0. The zero-order valence-corrected chi connectivity index (χ0v) is 15.9. The highest BCUT2D eigenvalue weighted by Gasteiger charge is 2.19. The summed E-state index contributed by atoms with van der Waals surface area (Å²) < 4.78 is 9.56. The molecule has 0 saturated carbocycles. The number of hydrogen-bond donors (Lipinski definition) is 2. The molecule has 2 aromatic rings. The van der Waals surface area contributed by atoms with E-state index in [1.165, 1.54) is 0 Å². The molecule has 2 aliphatic rings. The molecular weight excluding hydrogens is 344 g/mol. The molecule has 0 N–H and O–H groups in total. The lowest BCUT2D eigenvalue weighted by atomic mass is 10.4. The van der Waals surface area contributed by atoms with Crippen molar-refractivity contribution >= 4 is 38.8 Å². The predicted octanol–water partition coefficient (Wildman–Crippen LogP) is 4.12. The monoisotopic (exact) mass is 370 g/mol. The third-order valence-electron chi connectivity index (χ3n) is 2.55. The summed E-state index contributed by atoms with van der Waals surface area (Å²) >= 11 is 7.91. The molecule has 23 heavy (non-hydrogen) atoms. The van der Waals surface area contributed by atoms with Gasteiger partial charge < -0.3 is 9.47 Å². The van der Waals surface area contributed by atoms with E-state index in [0.29, 0.717) is 12.2 Å². The van der Waals surface area contributed by atoms with Crippen LogP contribution in [0.1, 0.15) is 0 Å². The summed E-state index contributed by atoms with van der Waals surface area (Å²) in [6.45, 7) is 1.87. The number of hydrogen-bond acceptors (Lipinski definition) is 4. The minimum atomic E-state index is 0. The van der Waals surface area contributed by atoms with E-state index >= 15 is 0 Å². The van der Waals surface area contributed by atoms with Crippen molar-refractivity contribution in [2.75, 3.05) is 24.7 Å². The summed E-state index contributed by atoms with van der Waals surface area (Å²) in [6.07, 6.45) is 0.997. The van der Waals surface area contributed by atoms with Crippen molar-refractivity contribution in [3.63, 3.8) is 0 Å². The Balaban J connectivity index is 0.000000278. The van der Waals surface area contributed by atoms with Crippen LogP contribution in [0.2, 0.25) is 0 Å². The van der Waals surface area contributed by atoms with E-state index in [2.05, 4.69) is 25.3 Å². The molecule has 4 rings (SSSR count). The van der Waals surface area contributed by atoms with E-state index in [-0.39, 0.29) is 13.5 Å². The van der Waals surface area contributed by atoms with Gasteiger partial charge in [-0.05, 0) is 0 Å². The van der Waals surface area contributed by atoms with Gasteiger partial charge in [0.05, 0.1) is 25.4 Å². The van der Waals surface area contributed by atoms with Crippen molar-refractivity contribution in [2.24, 2.45) is 0 Å². The molecule has 2 unspecified atom stereocenters. The molecule has 0 spiro atoms. The molecule has 2 heterocycles. The highest BCUT2D eigenvalue weighted by atomic mass is 32.1. The zero-order chi connectivity index (χ0) is 15.9. The maximum atomic E-state index is 4.78.